The predicted octanol–water partition coefficient (Wildman–Crippen LogP) is -0.00340. The molecule has 0 aromatic carbocycles. The molecule has 1 unspecified atom stereocenters. The lowest BCUT2D eigenvalue weighted by Gasteiger charge is -2.38. The molecule has 6 heteroatoms. The van der Waals surface area contributed by atoms with Crippen LogP contribution in [0.2, 0.25) is 0 Å². The third kappa shape index (κ3) is 4.62. The molecular formula is C14H27N3O2S. The number of piperidine rings is 1. The minimum atomic E-state index is 0.0604. The Morgan fingerprint density at radius 2 is 2.20 bits per heavy atom. The zero-order chi connectivity index (χ0) is 14.4. The molecule has 0 aromatic heterocycles. The summed E-state index contributed by atoms with van der Waals surface area (Å²) in [5.74, 6) is 2.36. The van der Waals surface area contributed by atoms with Gasteiger partial charge in [0.05, 0.1) is 6.61 Å². The lowest BCUT2D eigenvalue weighted by Crippen LogP contribution is -2.50. The van der Waals surface area contributed by atoms with Crippen molar-refractivity contribution in [1.29, 1.82) is 0 Å². The molecule has 1 amide bonds. The van der Waals surface area contributed by atoms with Gasteiger partial charge in [-0.3, -0.25) is 4.79 Å². The Labute approximate surface area is 126 Å². The smallest absolute Gasteiger partial charge is 0.224 e. The number of aliphatic hydroxyl groups is 1. The molecule has 0 radical (unpaired) electrons. The molecule has 5 nitrogen and oxygen atoms in total. The van der Waals surface area contributed by atoms with Crippen LogP contribution >= 0.6 is 11.8 Å². The molecule has 2 N–H and O–H groups in total. The Bertz CT molecular complexity index is 303. The fourth-order valence-corrected chi connectivity index (χ4v) is 3.95. The van der Waals surface area contributed by atoms with Crippen LogP contribution in [0.4, 0.5) is 0 Å². The van der Waals surface area contributed by atoms with Crippen LogP contribution in [0.25, 0.3) is 0 Å². The molecule has 0 bridgehead atoms. The van der Waals surface area contributed by atoms with Crippen molar-refractivity contribution in [2.75, 3.05) is 51.3 Å². The van der Waals surface area contributed by atoms with Crippen molar-refractivity contribution in [2.45, 2.75) is 31.3 Å². The molecule has 1 atom stereocenters. The summed E-state index contributed by atoms with van der Waals surface area (Å²) in [6.07, 6.45) is 2.61. The van der Waals surface area contributed by atoms with Gasteiger partial charge in [0.2, 0.25) is 5.91 Å². The van der Waals surface area contributed by atoms with Gasteiger partial charge in [0.15, 0.2) is 0 Å². The largest absolute Gasteiger partial charge is 0.395 e. The molecule has 2 fully saturated rings. The number of nitrogens with zero attached hydrogens (tertiary/aromatic N) is 2. The van der Waals surface area contributed by atoms with Crippen molar-refractivity contribution in [1.82, 2.24) is 15.1 Å². The molecular weight excluding hydrogens is 274 g/mol. The quantitative estimate of drug-likeness (QED) is 0.748. The Kier molecular flexibility index (Phi) is 6.61. The molecule has 20 heavy (non-hydrogen) atoms. The highest BCUT2D eigenvalue weighted by atomic mass is 32.2. The summed E-state index contributed by atoms with van der Waals surface area (Å²) < 4.78 is 0. The molecule has 0 aromatic rings. The molecule has 0 saturated carbocycles. The predicted molar refractivity (Wildman–Crippen MR) is 83.1 cm³/mol. The van der Waals surface area contributed by atoms with E-state index in [9.17, 15) is 9.90 Å². The molecule has 2 aliphatic rings. The Morgan fingerprint density at radius 3 is 2.80 bits per heavy atom. The summed E-state index contributed by atoms with van der Waals surface area (Å²) in [4.78, 5) is 16.8. The number of nitrogens with one attached hydrogen (secondary N) is 1. The fraction of sp³-hybridized carbons (Fsp3) is 0.929. The van der Waals surface area contributed by atoms with Gasteiger partial charge < -0.3 is 20.2 Å². The van der Waals surface area contributed by atoms with Crippen LogP contribution in [0.15, 0.2) is 0 Å². The first-order valence-electron chi connectivity index (χ1n) is 7.60. The Hall–Kier alpha value is -0.300. The molecule has 2 aliphatic heterocycles. The van der Waals surface area contributed by atoms with Crippen LogP contribution in [-0.2, 0) is 4.79 Å². The number of thioether (sulfide) groups is 1. The van der Waals surface area contributed by atoms with Crippen molar-refractivity contribution >= 4 is 17.7 Å². The molecule has 2 saturated heterocycles. The van der Waals surface area contributed by atoms with Crippen LogP contribution in [0, 0.1) is 0 Å². The lowest BCUT2D eigenvalue weighted by molar-refractivity contribution is -0.135. The van der Waals surface area contributed by atoms with E-state index in [0.29, 0.717) is 25.0 Å². The second kappa shape index (κ2) is 8.22. The van der Waals surface area contributed by atoms with Gasteiger partial charge in [-0.2, -0.15) is 11.8 Å². The maximum Gasteiger partial charge on any atom is 0.224 e. The number of rotatable bonds is 5. The van der Waals surface area contributed by atoms with E-state index in [0.717, 1.165) is 44.0 Å². The van der Waals surface area contributed by atoms with Gasteiger partial charge in [-0.25, -0.2) is 0 Å². The number of hydrogen-bond acceptors (Lipinski definition) is 5. The minimum absolute atomic E-state index is 0.0604. The first-order chi connectivity index (χ1) is 9.70. The topological polar surface area (TPSA) is 55.8 Å². The first-order valence-corrected chi connectivity index (χ1v) is 8.76. The molecule has 116 valence electrons. The van der Waals surface area contributed by atoms with E-state index in [1.807, 2.05) is 16.7 Å². The van der Waals surface area contributed by atoms with E-state index in [2.05, 4.69) is 17.3 Å². The molecule has 2 rings (SSSR count). The Balaban J connectivity index is 1.87. The monoisotopic (exact) mass is 301 g/mol. The van der Waals surface area contributed by atoms with Gasteiger partial charge in [0.1, 0.15) is 0 Å². The lowest BCUT2D eigenvalue weighted by atomic mass is 10.0. The number of carbonyl (C=O) groups is 1. The van der Waals surface area contributed by atoms with Gasteiger partial charge in [-0.1, -0.05) is 0 Å². The molecule has 0 spiro atoms. The van der Waals surface area contributed by atoms with E-state index in [1.165, 1.54) is 0 Å². The van der Waals surface area contributed by atoms with E-state index in [1.54, 1.807) is 0 Å². The molecule has 0 aliphatic carbocycles. The van der Waals surface area contributed by atoms with Crippen molar-refractivity contribution < 1.29 is 9.90 Å². The van der Waals surface area contributed by atoms with E-state index in [4.69, 9.17) is 0 Å². The average Bonchev–Trinajstić information content (AvgIpc) is 2.47. The van der Waals surface area contributed by atoms with Crippen LogP contribution in [0.5, 0.6) is 0 Å². The number of likely N-dealkylation sites (tertiary alicyclic amines) is 1. The SMILES string of the molecule is CN1CCC(N(CCO)C(=O)CC2CSCCN2)CC1. The number of hydrogen-bond donors (Lipinski definition) is 2. The zero-order valence-corrected chi connectivity index (χ0v) is 13.2. The van der Waals surface area contributed by atoms with Gasteiger partial charge in [0.25, 0.3) is 0 Å². The highest BCUT2D eigenvalue weighted by molar-refractivity contribution is 7.99. The molecule has 2 heterocycles. The summed E-state index contributed by atoms with van der Waals surface area (Å²) in [5.41, 5.74) is 0. The third-order valence-electron chi connectivity index (χ3n) is 4.21. The maximum atomic E-state index is 12.5. The van der Waals surface area contributed by atoms with Crippen molar-refractivity contribution in [3.8, 4) is 0 Å². The fourth-order valence-electron chi connectivity index (χ4n) is 3.00. The van der Waals surface area contributed by atoms with Gasteiger partial charge in [-0.15, -0.1) is 0 Å². The summed E-state index contributed by atoms with van der Waals surface area (Å²) in [6, 6.07) is 0.607. The van der Waals surface area contributed by atoms with Crippen LogP contribution in [0.1, 0.15) is 19.3 Å². The Morgan fingerprint density at radius 1 is 1.45 bits per heavy atom. The normalized spacial score (nSPS) is 25.6. The van der Waals surface area contributed by atoms with Crippen LogP contribution in [0.3, 0.4) is 0 Å². The van der Waals surface area contributed by atoms with Gasteiger partial charge >= 0.3 is 0 Å². The number of aliphatic hydroxyl groups excluding tert-OH is 1. The highest BCUT2D eigenvalue weighted by Gasteiger charge is 2.28. The second-order valence-electron chi connectivity index (χ2n) is 5.78. The summed E-state index contributed by atoms with van der Waals surface area (Å²) >= 11 is 1.92. The standard InChI is InChI=1S/C14H27N3O2S/c1-16-5-2-13(3-6-16)17(7-8-18)14(19)10-12-11-20-9-4-15-12/h12-13,15,18H,2-11H2,1H3. The third-order valence-corrected chi connectivity index (χ3v) is 5.34. The van der Waals surface area contributed by atoms with E-state index in [-0.39, 0.29) is 12.5 Å². The summed E-state index contributed by atoms with van der Waals surface area (Å²) in [6.45, 7) is 3.61. The number of carbonyl (C=O) groups excluding carboxylic acids is 1. The van der Waals surface area contributed by atoms with Crippen molar-refractivity contribution in [2.24, 2.45) is 0 Å². The number of amides is 1. The minimum Gasteiger partial charge on any atom is -0.395 e. The second-order valence-corrected chi connectivity index (χ2v) is 6.93. The van der Waals surface area contributed by atoms with Gasteiger partial charge in [-0.05, 0) is 33.0 Å². The van der Waals surface area contributed by atoms with E-state index < -0.39 is 0 Å². The van der Waals surface area contributed by atoms with E-state index >= 15 is 0 Å². The maximum absolute atomic E-state index is 12.5. The zero-order valence-electron chi connectivity index (χ0n) is 12.4. The van der Waals surface area contributed by atoms with Crippen LogP contribution < -0.4 is 5.32 Å². The van der Waals surface area contributed by atoms with Crippen LogP contribution in [-0.4, -0.2) is 84.2 Å². The summed E-state index contributed by atoms with van der Waals surface area (Å²) in [7, 11) is 2.12. The first kappa shape index (κ1) is 16.1. The van der Waals surface area contributed by atoms with Crippen molar-refractivity contribution in [3.63, 3.8) is 0 Å². The summed E-state index contributed by atoms with van der Waals surface area (Å²) in [5, 5.41) is 12.7. The highest BCUT2D eigenvalue weighted by Crippen LogP contribution is 2.18. The van der Waals surface area contributed by atoms with Gasteiger partial charge in [0, 0.05) is 43.1 Å². The average molecular weight is 301 g/mol. The van der Waals surface area contributed by atoms with Crippen molar-refractivity contribution in [3.05, 3.63) is 0 Å².